The van der Waals surface area contributed by atoms with Gasteiger partial charge in [0.25, 0.3) is 0 Å². The average Bonchev–Trinajstić information content (AvgIpc) is 3.47. The number of fused-ring (bicyclic) bond motifs is 1. The molecule has 1 saturated heterocycles. The van der Waals surface area contributed by atoms with Gasteiger partial charge in [0.1, 0.15) is 22.8 Å². The summed E-state index contributed by atoms with van der Waals surface area (Å²) >= 11 is 3.13. The average molecular weight is 492 g/mol. The molecule has 1 saturated carbocycles. The van der Waals surface area contributed by atoms with Crippen molar-refractivity contribution in [2.24, 2.45) is 0 Å². The first kappa shape index (κ1) is 21.5. The third-order valence-corrected chi connectivity index (χ3v) is 8.14. The number of thiophene rings is 1. The van der Waals surface area contributed by atoms with Crippen molar-refractivity contribution in [2.75, 3.05) is 36.8 Å². The minimum Gasteiger partial charge on any atom is -0.352 e. The molecule has 1 aromatic carbocycles. The van der Waals surface area contributed by atoms with Gasteiger partial charge < -0.3 is 14.4 Å². The zero-order valence-corrected chi connectivity index (χ0v) is 20.3. The van der Waals surface area contributed by atoms with Crippen molar-refractivity contribution in [3.8, 4) is 0 Å². The molecule has 3 aromatic heterocycles. The molecule has 0 N–H and O–H groups in total. The summed E-state index contributed by atoms with van der Waals surface area (Å²) in [5.74, 6) is 3.05. The summed E-state index contributed by atoms with van der Waals surface area (Å²) in [4.78, 5) is 27.1. The first-order chi connectivity index (χ1) is 16.8. The van der Waals surface area contributed by atoms with Gasteiger partial charge in [-0.15, -0.1) is 21.5 Å². The Morgan fingerprint density at radius 1 is 1.03 bits per heavy atom. The molecule has 1 aliphatic heterocycles. The van der Waals surface area contributed by atoms with E-state index in [1.807, 2.05) is 16.3 Å². The molecule has 0 unspecified atom stereocenters. The molecule has 8 nitrogen and oxygen atoms in total. The standard InChI is InChI=1S/C24H25N7OS2/c32-20(29-9-11-30(12-10-29)22-19-8-13-33-23(19)26-16-25-22)15-34-24-28-27-21(18-6-7-18)31(24)14-17-4-2-1-3-5-17/h1-5,8,13,16,18H,6-7,9-12,14-15H2. The van der Waals surface area contributed by atoms with Crippen LogP contribution in [0.15, 0.2) is 53.3 Å². The molecule has 2 fully saturated rings. The Balaban J connectivity index is 1.09. The molecule has 10 heteroatoms. The van der Waals surface area contributed by atoms with Gasteiger partial charge in [-0.3, -0.25) is 4.79 Å². The number of hydrogen-bond acceptors (Lipinski definition) is 8. The Labute approximate surface area is 206 Å². The molecule has 1 amide bonds. The van der Waals surface area contributed by atoms with Gasteiger partial charge in [0.05, 0.1) is 17.7 Å². The number of benzene rings is 1. The van der Waals surface area contributed by atoms with Crippen LogP contribution in [0.2, 0.25) is 0 Å². The molecule has 4 aromatic rings. The van der Waals surface area contributed by atoms with Gasteiger partial charge in [0, 0.05) is 32.1 Å². The Morgan fingerprint density at radius 2 is 1.85 bits per heavy atom. The molecular weight excluding hydrogens is 466 g/mol. The Hall–Kier alpha value is -2.98. The van der Waals surface area contributed by atoms with Crippen LogP contribution in [0, 0.1) is 0 Å². The maximum atomic E-state index is 13.0. The van der Waals surface area contributed by atoms with E-state index in [0.29, 0.717) is 24.8 Å². The summed E-state index contributed by atoms with van der Waals surface area (Å²) in [6, 6.07) is 12.5. The van der Waals surface area contributed by atoms with Crippen LogP contribution in [0.3, 0.4) is 0 Å². The van der Waals surface area contributed by atoms with E-state index in [2.05, 4.69) is 60.0 Å². The predicted octanol–water partition coefficient (Wildman–Crippen LogP) is 3.65. The molecule has 34 heavy (non-hydrogen) atoms. The molecule has 0 atom stereocenters. The third-order valence-electron chi connectivity index (χ3n) is 6.37. The number of piperazine rings is 1. The highest BCUT2D eigenvalue weighted by atomic mass is 32.2. The number of thioether (sulfide) groups is 1. The lowest BCUT2D eigenvalue weighted by molar-refractivity contribution is -0.128. The number of hydrogen-bond donors (Lipinski definition) is 0. The van der Waals surface area contributed by atoms with Crippen LogP contribution >= 0.6 is 23.1 Å². The van der Waals surface area contributed by atoms with Gasteiger partial charge in [-0.25, -0.2) is 9.97 Å². The minimum absolute atomic E-state index is 0.148. The van der Waals surface area contributed by atoms with E-state index in [1.54, 1.807) is 17.7 Å². The zero-order chi connectivity index (χ0) is 22.9. The van der Waals surface area contributed by atoms with Gasteiger partial charge in [-0.2, -0.15) is 0 Å². The maximum Gasteiger partial charge on any atom is 0.233 e. The van der Waals surface area contributed by atoms with Crippen LogP contribution < -0.4 is 4.90 Å². The monoisotopic (exact) mass is 491 g/mol. The molecule has 4 heterocycles. The van der Waals surface area contributed by atoms with Crippen LogP contribution in [0.25, 0.3) is 10.2 Å². The molecule has 0 spiro atoms. The third kappa shape index (κ3) is 4.39. The van der Waals surface area contributed by atoms with Crippen LogP contribution in [0.4, 0.5) is 5.82 Å². The van der Waals surface area contributed by atoms with E-state index < -0.39 is 0 Å². The lowest BCUT2D eigenvalue weighted by Crippen LogP contribution is -2.49. The van der Waals surface area contributed by atoms with Gasteiger partial charge in [0.2, 0.25) is 5.91 Å². The largest absolute Gasteiger partial charge is 0.352 e. The highest BCUT2D eigenvalue weighted by Crippen LogP contribution is 2.40. The van der Waals surface area contributed by atoms with Crippen molar-refractivity contribution >= 4 is 45.0 Å². The number of aromatic nitrogens is 5. The number of carbonyl (C=O) groups excluding carboxylic acids is 1. The maximum absolute atomic E-state index is 13.0. The quantitative estimate of drug-likeness (QED) is 0.365. The van der Waals surface area contributed by atoms with Gasteiger partial charge in [0.15, 0.2) is 5.16 Å². The smallest absolute Gasteiger partial charge is 0.233 e. The second kappa shape index (κ2) is 9.34. The van der Waals surface area contributed by atoms with E-state index in [-0.39, 0.29) is 5.91 Å². The second-order valence-electron chi connectivity index (χ2n) is 8.68. The summed E-state index contributed by atoms with van der Waals surface area (Å²) in [7, 11) is 0. The highest BCUT2D eigenvalue weighted by Gasteiger charge is 2.31. The van der Waals surface area contributed by atoms with Gasteiger partial charge in [-0.05, 0) is 29.9 Å². The Kier molecular flexibility index (Phi) is 5.92. The number of anilines is 1. The van der Waals surface area contributed by atoms with E-state index in [0.717, 1.165) is 46.6 Å². The first-order valence-corrected chi connectivity index (χ1v) is 13.4. The van der Waals surface area contributed by atoms with E-state index >= 15 is 0 Å². The molecule has 6 rings (SSSR count). The van der Waals surface area contributed by atoms with E-state index in [4.69, 9.17) is 0 Å². The molecule has 0 bridgehead atoms. The summed E-state index contributed by atoms with van der Waals surface area (Å²) in [5, 5.41) is 12.9. The van der Waals surface area contributed by atoms with E-state index in [1.165, 1.54) is 30.2 Å². The van der Waals surface area contributed by atoms with Crippen molar-refractivity contribution in [2.45, 2.75) is 30.5 Å². The SMILES string of the molecule is O=C(CSc1nnc(C2CC2)n1Cc1ccccc1)N1CCN(c2ncnc3sccc23)CC1. The molecule has 2 aliphatic rings. The van der Waals surface area contributed by atoms with Crippen LogP contribution in [-0.2, 0) is 11.3 Å². The Morgan fingerprint density at radius 3 is 2.65 bits per heavy atom. The van der Waals surface area contributed by atoms with Crippen molar-refractivity contribution in [1.29, 1.82) is 0 Å². The lowest BCUT2D eigenvalue weighted by Gasteiger charge is -2.35. The summed E-state index contributed by atoms with van der Waals surface area (Å²) in [5.41, 5.74) is 1.22. The minimum atomic E-state index is 0.148. The second-order valence-corrected chi connectivity index (χ2v) is 10.5. The number of rotatable bonds is 7. The van der Waals surface area contributed by atoms with Crippen molar-refractivity contribution in [1.82, 2.24) is 29.6 Å². The lowest BCUT2D eigenvalue weighted by atomic mass is 10.2. The van der Waals surface area contributed by atoms with Gasteiger partial charge >= 0.3 is 0 Å². The number of carbonyl (C=O) groups is 1. The fourth-order valence-electron chi connectivity index (χ4n) is 4.38. The molecule has 0 radical (unpaired) electrons. The van der Waals surface area contributed by atoms with Crippen LogP contribution in [-0.4, -0.2) is 67.5 Å². The Bertz CT molecular complexity index is 1290. The zero-order valence-electron chi connectivity index (χ0n) is 18.7. The van der Waals surface area contributed by atoms with Crippen molar-refractivity contribution in [3.05, 3.63) is 59.5 Å². The first-order valence-electron chi connectivity index (χ1n) is 11.6. The summed E-state index contributed by atoms with van der Waals surface area (Å²) in [6.45, 7) is 3.67. The van der Waals surface area contributed by atoms with Crippen LogP contribution in [0.5, 0.6) is 0 Å². The van der Waals surface area contributed by atoms with Gasteiger partial charge in [-0.1, -0.05) is 42.1 Å². The highest BCUT2D eigenvalue weighted by molar-refractivity contribution is 7.99. The summed E-state index contributed by atoms with van der Waals surface area (Å²) in [6.07, 6.45) is 3.97. The summed E-state index contributed by atoms with van der Waals surface area (Å²) < 4.78 is 2.20. The molecular formula is C24H25N7OS2. The normalized spacial score (nSPS) is 16.4. The molecule has 1 aliphatic carbocycles. The van der Waals surface area contributed by atoms with Crippen LogP contribution in [0.1, 0.15) is 30.1 Å². The fourth-order valence-corrected chi connectivity index (χ4v) is 5.95. The predicted molar refractivity (Wildman–Crippen MR) is 134 cm³/mol. The number of nitrogens with zero attached hydrogens (tertiary/aromatic N) is 7. The fraction of sp³-hybridized carbons (Fsp3) is 0.375. The molecule has 174 valence electrons. The van der Waals surface area contributed by atoms with E-state index in [9.17, 15) is 4.79 Å². The number of amides is 1. The van der Waals surface area contributed by atoms with Crippen molar-refractivity contribution < 1.29 is 4.79 Å². The van der Waals surface area contributed by atoms with Crippen molar-refractivity contribution in [3.63, 3.8) is 0 Å². The topological polar surface area (TPSA) is 80.0 Å².